The first kappa shape index (κ1) is 29.8. The third-order valence-corrected chi connectivity index (χ3v) is 6.25. The van der Waals surface area contributed by atoms with Gasteiger partial charge in [-0.25, -0.2) is 9.97 Å². The van der Waals surface area contributed by atoms with Crippen molar-refractivity contribution >= 4 is 28.0 Å². The molecule has 4 aromatic rings. The zero-order chi connectivity index (χ0) is 21.2. The van der Waals surface area contributed by atoms with Gasteiger partial charge >= 0.3 is 0 Å². The number of pyridine rings is 2. The molecule has 0 atom stereocenters. The highest BCUT2D eigenvalue weighted by molar-refractivity contribution is 5.82. The van der Waals surface area contributed by atoms with Gasteiger partial charge in [0, 0.05) is 50.0 Å². The van der Waals surface area contributed by atoms with E-state index in [4.69, 9.17) is 10.7 Å². The van der Waals surface area contributed by atoms with Crippen LogP contribution >= 0.6 is 0 Å². The predicted octanol–water partition coefficient (Wildman–Crippen LogP) is -0.128. The number of piperidine rings is 1. The second kappa shape index (κ2) is 13.0. The van der Waals surface area contributed by atoms with E-state index in [1.165, 1.54) is 5.56 Å². The van der Waals surface area contributed by atoms with Crippen molar-refractivity contribution in [2.75, 3.05) is 31.5 Å². The average molecular weight is 488 g/mol. The van der Waals surface area contributed by atoms with E-state index in [9.17, 15) is 0 Å². The van der Waals surface area contributed by atoms with Crippen LogP contribution in [0.3, 0.4) is 0 Å². The number of imidazole rings is 1. The highest BCUT2D eigenvalue weighted by Gasteiger charge is 2.22. The summed E-state index contributed by atoms with van der Waals surface area (Å²) in [5.41, 5.74) is 10.9. The number of nitrogens with one attached hydrogen (secondary N) is 1. The number of aryl methyl sites for hydroxylation is 1. The van der Waals surface area contributed by atoms with Crippen LogP contribution in [0.25, 0.3) is 22.1 Å². The third kappa shape index (κ3) is 6.09. The van der Waals surface area contributed by atoms with E-state index in [0.717, 1.165) is 72.6 Å². The number of nitrogens with zero attached hydrogens (tertiary/aromatic N) is 5. The summed E-state index contributed by atoms with van der Waals surface area (Å²) in [5, 5.41) is 4.88. The van der Waals surface area contributed by atoms with Crippen molar-refractivity contribution in [2.45, 2.75) is 32.4 Å². The molecule has 0 bridgehead atoms. The van der Waals surface area contributed by atoms with Gasteiger partial charge in [-0.1, -0.05) is 24.3 Å². The van der Waals surface area contributed by atoms with Crippen LogP contribution in [0.2, 0.25) is 0 Å². The van der Waals surface area contributed by atoms with E-state index < -0.39 is 0 Å². The standard InChI is InChI=1S/C24H29N7.4H2O/c1-17-7-12-27-23-21(17)29-24(28-20-8-13-30(14-9-20)15-10-25)31(23)16-19-5-2-4-18-6-3-11-26-22(18)19;;;;/h2-7,11-12,20H,8-10,13-16,25H2,1H3,(H,28,29);4*1H2. The summed E-state index contributed by atoms with van der Waals surface area (Å²) in [6.45, 7) is 6.60. The molecule has 0 saturated carbocycles. The Bertz CT molecular complexity index is 1200. The van der Waals surface area contributed by atoms with Gasteiger partial charge in [0.15, 0.2) is 5.65 Å². The first-order valence-corrected chi connectivity index (χ1v) is 11.1. The smallest absolute Gasteiger partial charge is 0.205 e. The fraction of sp³-hybridized carbons (Fsp3) is 0.375. The van der Waals surface area contributed by atoms with Gasteiger partial charge in [-0.05, 0) is 43.0 Å². The average Bonchev–Trinajstić information content (AvgIpc) is 3.14. The number of benzene rings is 1. The Morgan fingerprint density at radius 1 is 0.943 bits per heavy atom. The van der Waals surface area contributed by atoms with Gasteiger partial charge in [0.2, 0.25) is 5.95 Å². The van der Waals surface area contributed by atoms with Gasteiger partial charge in [-0.2, -0.15) is 0 Å². The number of para-hydroxylation sites is 1. The highest BCUT2D eigenvalue weighted by atomic mass is 16.0. The lowest BCUT2D eigenvalue weighted by Crippen LogP contribution is -2.41. The van der Waals surface area contributed by atoms with E-state index in [1.807, 2.05) is 24.5 Å². The molecule has 192 valence electrons. The van der Waals surface area contributed by atoms with Crippen LogP contribution in [0, 0.1) is 6.92 Å². The Morgan fingerprint density at radius 3 is 2.43 bits per heavy atom. The highest BCUT2D eigenvalue weighted by Crippen LogP contribution is 2.26. The number of aromatic nitrogens is 4. The topological polar surface area (TPSA) is 211 Å². The Balaban J connectivity index is 0.00000153. The molecule has 35 heavy (non-hydrogen) atoms. The van der Waals surface area contributed by atoms with E-state index in [1.54, 1.807) is 0 Å². The molecule has 4 heterocycles. The van der Waals surface area contributed by atoms with Gasteiger partial charge in [0.25, 0.3) is 0 Å². The minimum absolute atomic E-state index is 0. The minimum Gasteiger partial charge on any atom is -0.412 e. The lowest BCUT2D eigenvalue weighted by atomic mass is 10.1. The lowest BCUT2D eigenvalue weighted by molar-refractivity contribution is 0.224. The fourth-order valence-corrected chi connectivity index (χ4v) is 4.53. The summed E-state index contributed by atoms with van der Waals surface area (Å²) in [4.78, 5) is 16.7. The molecule has 0 spiro atoms. The second-order valence-corrected chi connectivity index (χ2v) is 8.36. The largest absolute Gasteiger partial charge is 0.412 e. The van der Waals surface area contributed by atoms with Gasteiger partial charge in [-0.15, -0.1) is 0 Å². The summed E-state index contributed by atoms with van der Waals surface area (Å²) < 4.78 is 2.21. The van der Waals surface area contributed by atoms with Crippen LogP contribution in [-0.4, -0.2) is 78.5 Å². The molecule has 5 rings (SSSR count). The molecule has 0 amide bonds. The van der Waals surface area contributed by atoms with E-state index in [0.29, 0.717) is 12.6 Å². The SMILES string of the molecule is Cc1ccnc2c1nc(NC1CCN(CCN)CC1)n2Cc1cccc2cccnc12.O.O.O.O. The van der Waals surface area contributed by atoms with Crippen LogP contribution in [0.5, 0.6) is 0 Å². The Kier molecular flexibility index (Phi) is 11.1. The Morgan fingerprint density at radius 2 is 1.69 bits per heavy atom. The van der Waals surface area contributed by atoms with Gasteiger partial charge in [0.1, 0.15) is 5.52 Å². The molecule has 1 saturated heterocycles. The Labute approximate surface area is 204 Å². The maximum absolute atomic E-state index is 5.72. The minimum atomic E-state index is 0. The maximum atomic E-state index is 5.72. The molecule has 0 radical (unpaired) electrons. The van der Waals surface area contributed by atoms with Crippen LogP contribution in [0.4, 0.5) is 5.95 Å². The first-order valence-electron chi connectivity index (χ1n) is 11.1. The Hall–Kier alpha value is -3.19. The van der Waals surface area contributed by atoms with Crippen LogP contribution in [0.1, 0.15) is 24.0 Å². The quantitative estimate of drug-likeness (QED) is 0.378. The monoisotopic (exact) mass is 487 g/mol. The summed E-state index contributed by atoms with van der Waals surface area (Å²) in [6.07, 6.45) is 5.90. The normalized spacial score (nSPS) is 13.9. The summed E-state index contributed by atoms with van der Waals surface area (Å²) >= 11 is 0. The number of rotatable bonds is 6. The van der Waals surface area contributed by atoms with E-state index in [2.05, 4.69) is 55.9 Å². The molecule has 1 fully saturated rings. The number of hydrogen-bond acceptors (Lipinski definition) is 6. The lowest BCUT2D eigenvalue weighted by Gasteiger charge is -2.32. The molecule has 0 unspecified atom stereocenters. The predicted molar refractivity (Wildman–Crippen MR) is 140 cm³/mol. The molecule has 3 aromatic heterocycles. The molecular weight excluding hydrogens is 450 g/mol. The number of hydrogen-bond donors (Lipinski definition) is 2. The van der Waals surface area contributed by atoms with Crippen molar-refractivity contribution in [3.05, 3.63) is 59.9 Å². The number of fused-ring (bicyclic) bond motifs is 2. The zero-order valence-corrected chi connectivity index (χ0v) is 20.0. The van der Waals surface area contributed by atoms with Crippen molar-refractivity contribution in [3.8, 4) is 0 Å². The summed E-state index contributed by atoms with van der Waals surface area (Å²) in [5.74, 6) is 0.891. The van der Waals surface area contributed by atoms with Gasteiger partial charge < -0.3 is 37.9 Å². The molecule has 11 nitrogen and oxygen atoms in total. The molecule has 1 aromatic carbocycles. The summed E-state index contributed by atoms with van der Waals surface area (Å²) in [7, 11) is 0. The van der Waals surface area contributed by atoms with Crippen LogP contribution < -0.4 is 11.1 Å². The van der Waals surface area contributed by atoms with E-state index in [-0.39, 0.29) is 21.9 Å². The van der Waals surface area contributed by atoms with E-state index >= 15 is 0 Å². The molecule has 11 heteroatoms. The molecule has 11 N–H and O–H groups in total. The molecule has 1 aliphatic rings. The van der Waals surface area contributed by atoms with Crippen molar-refractivity contribution in [3.63, 3.8) is 0 Å². The van der Waals surface area contributed by atoms with Crippen molar-refractivity contribution in [1.82, 2.24) is 24.4 Å². The maximum Gasteiger partial charge on any atom is 0.205 e. The van der Waals surface area contributed by atoms with Crippen molar-refractivity contribution in [2.24, 2.45) is 5.73 Å². The summed E-state index contributed by atoms with van der Waals surface area (Å²) in [6, 6.07) is 12.9. The number of nitrogens with two attached hydrogens (primary N) is 1. The molecule has 1 aliphatic heterocycles. The number of likely N-dealkylation sites (tertiary alicyclic amines) is 1. The van der Waals surface area contributed by atoms with Gasteiger partial charge in [0.05, 0.1) is 12.1 Å². The fourth-order valence-electron chi connectivity index (χ4n) is 4.53. The second-order valence-electron chi connectivity index (χ2n) is 8.36. The number of anilines is 1. The van der Waals surface area contributed by atoms with Crippen molar-refractivity contribution < 1.29 is 21.9 Å². The third-order valence-electron chi connectivity index (χ3n) is 6.25. The first-order chi connectivity index (χ1) is 15.2. The van der Waals surface area contributed by atoms with Crippen LogP contribution in [-0.2, 0) is 6.54 Å². The molecular formula is C24H37N7O4. The molecule has 0 aliphatic carbocycles. The van der Waals surface area contributed by atoms with Crippen molar-refractivity contribution in [1.29, 1.82) is 0 Å². The van der Waals surface area contributed by atoms with Crippen LogP contribution in [0.15, 0.2) is 48.8 Å². The zero-order valence-electron chi connectivity index (χ0n) is 20.0. The van der Waals surface area contributed by atoms with Gasteiger partial charge in [-0.3, -0.25) is 9.55 Å².